The van der Waals surface area contributed by atoms with Crippen molar-refractivity contribution in [3.63, 3.8) is 0 Å². The molecule has 0 saturated carbocycles. The fourth-order valence-electron chi connectivity index (χ4n) is 1.52. The van der Waals surface area contributed by atoms with Crippen LogP contribution in [0.3, 0.4) is 0 Å². The molecule has 0 aromatic heterocycles. The van der Waals surface area contributed by atoms with E-state index < -0.39 is 21.8 Å². The van der Waals surface area contributed by atoms with Gasteiger partial charge in [0, 0.05) is 17.9 Å². The molecule has 0 amide bonds. The number of carbonyl (C=O) groups excluding carboxylic acids is 1. The summed E-state index contributed by atoms with van der Waals surface area (Å²) in [7, 11) is -3.46. The number of rotatable bonds is 2. The van der Waals surface area contributed by atoms with Gasteiger partial charge in [0.1, 0.15) is 5.82 Å². The van der Waals surface area contributed by atoms with Gasteiger partial charge in [-0.3, -0.25) is 4.79 Å². The fraction of sp³-hybridized carbons (Fsp3) is 0.182. The van der Waals surface area contributed by atoms with E-state index in [1.165, 1.54) is 24.5 Å². The third kappa shape index (κ3) is 2.21. The molecule has 1 heterocycles. The van der Waals surface area contributed by atoms with E-state index in [9.17, 15) is 17.6 Å². The summed E-state index contributed by atoms with van der Waals surface area (Å²) >= 11 is 0. The van der Waals surface area contributed by atoms with Gasteiger partial charge in [0.05, 0.1) is 11.2 Å². The lowest BCUT2D eigenvalue weighted by Crippen LogP contribution is -2.09. The van der Waals surface area contributed by atoms with Crippen molar-refractivity contribution in [2.75, 3.05) is 6.26 Å². The monoisotopic (exact) mass is 256 g/mol. The molecule has 0 aliphatic carbocycles. The van der Waals surface area contributed by atoms with E-state index in [4.69, 9.17) is 4.74 Å². The highest BCUT2D eigenvalue weighted by molar-refractivity contribution is 7.90. The minimum Gasteiger partial charge on any atom is -0.485 e. The average molecular weight is 256 g/mol. The quantitative estimate of drug-likeness (QED) is 0.802. The minimum atomic E-state index is -3.46. The number of sulfone groups is 1. The summed E-state index contributed by atoms with van der Waals surface area (Å²) in [5.74, 6) is -1.13. The Morgan fingerprint density at radius 1 is 1.35 bits per heavy atom. The first kappa shape index (κ1) is 11.8. The summed E-state index contributed by atoms with van der Waals surface area (Å²) in [6.07, 6.45) is 2.37. The molecule has 0 fully saturated rings. The van der Waals surface area contributed by atoms with Gasteiger partial charge in [0.15, 0.2) is 15.9 Å². The van der Waals surface area contributed by atoms with Crippen LogP contribution in [0.15, 0.2) is 35.4 Å². The Labute approximate surface area is 97.6 Å². The van der Waals surface area contributed by atoms with Gasteiger partial charge in [-0.25, -0.2) is 12.8 Å². The van der Waals surface area contributed by atoms with E-state index in [2.05, 4.69) is 0 Å². The van der Waals surface area contributed by atoms with Crippen LogP contribution < -0.4 is 0 Å². The highest BCUT2D eigenvalue weighted by Crippen LogP contribution is 2.27. The average Bonchev–Trinajstić information content (AvgIpc) is 2.63. The lowest BCUT2D eigenvalue weighted by atomic mass is 10.1. The molecule has 1 atom stereocenters. The molecular formula is C11H9FO4S. The van der Waals surface area contributed by atoms with E-state index in [-0.39, 0.29) is 16.2 Å². The molecule has 1 aromatic rings. The molecule has 1 aliphatic rings. The molecule has 0 saturated heterocycles. The van der Waals surface area contributed by atoms with Gasteiger partial charge in [-0.05, 0) is 12.1 Å². The number of carbonyl (C=O) groups is 1. The van der Waals surface area contributed by atoms with Gasteiger partial charge in [-0.1, -0.05) is 6.07 Å². The van der Waals surface area contributed by atoms with Crippen molar-refractivity contribution in [1.82, 2.24) is 0 Å². The molecular weight excluding hydrogens is 247 g/mol. The van der Waals surface area contributed by atoms with E-state index in [1.54, 1.807) is 0 Å². The van der Waals surface area contributed by atoms with Gasteiger partial charge in [-0.15, -0.1) is 0 Å². The standard InChI is InChI=1S/C11H9FO4S/c1-17(14,15)7-2-3-8(9(12)6-7)11-10(13)4-5-16-11/h2-6,11H,1H3. The Morgan fingerprint density at radius 3 is 2.53 bits per heavy atom. The van der Waals surface area contributed by atoms with Crippen molar-refractivity contribution in [2.45, 2.75) is 11.0 Å². The molecule has 4 nitrogen and oxygen atoms in total. The number of benzene rings is 1. The third-order valence-corrected chi connectivity index (χ3v) is 3.50. The van der Waals surface area contributed by atoms with Crippen molar-refractivity contribution in [3.05, 3.63) is 41.9 Å². The van der Waals surface area contributed by atoms with E-state index in [0.717, 1.165) is 12.3 Å². The van der Waals surface area contributed by atoms with Crippen molar-refractivity contribution < 1.29 is 22.3 Å². The van der Waals surface area contributed by atoms with Crippen LogP contribution in [0.1, 0.15) is 11.7 Å². The Balaban J connectivity index is 2.43. The van der Waals surface area contributed by atoms with Crippen LogP contribution in [0.25, 0.3) is 0 Å². The number of hydrogen-bond donors (Lipinski definition) is 0. The maximum Gasteiger partial charge on any atom is 0.203 e. The highest BCUT2D eigenvalue weighted by atomic mass is 32.2. The van der Waals surface area contributed by atoms with Gasteiger partial charge < -0.3 is 4.74 Å². The molecule has 0 N–H and O–H groups in total. The molecule has 0 radical (unpaired) electrons. The largest absolute Gasteiger partial charge is 0.485 e. The van der Waals surface area contributed by atoms with Crippen LogP contribution in [-0.4, -0.2) is 20.5 Å². The first-order chi connectivity index (χ1) is 7.89. The van der Waals surface area contributed by atoms with Crippen LogP contribution in [0, 0.1) is 5.82 Å². The summed E-state index contributed by atoms with van der Waals surface area (Å²) < 4.78 is 41.0. The van der Waals surface area contributed by atoms with Gasteiger partial charge in [0.25, 0.3) is 0 Å². The summed E-state index contributed by atoms with van der Waals surface area (Å²) in [4.78, 5) is 11.2. The second-order valence-electron chi connectivity index (χ2n) is 3.68. The first-order valence-corrected chi connectivity index (χ1v) is 6.64. The van der Waals surface area contributed by atoms with E-state index in [0.29, 0.717) is 0 Å². The normalized spacial score (nSPS) is 19.4. The fourth-order valence-corrected chi connectivity index (χ4v) is 2.15. The molecule has 1 aromatic carbocycles. The van der Waals surface area contributed by atoms with Gasteiger partial charge in [-0.2, -0.15) is 0 Å². The molecule has 1 unspecified atom stereocenters. The number of hydrogen-bond acceptors (Lipinski definition) is 4. The number of ketones is 1. The zero-order chi connectivity index (χ0) is 12.6. The van der Waals surface area contributed by atoms with Gasteiger partial charge in [0.2, 0.25) is 5.78 Å². The predicted molar refractivity (Wildman–Crippen MR) is 57.5 cm³/mol. The van der Waals surface area contributed by atoms with E-state index >= 15 is 0 Å². The van der Waals surface area contributed by atoms with Gasteiger partial charge >= 0.3 is 0 Å². The minimum absolute atomic E-state index is 0.0346. The number of ether oxygens (including phenoxy) is 1. The van der Waals surface area contributed by atoms with E-state index in [1.807, 2.05) is 0 Å². The zero-order valence-electron chi connectivity index (χ0n) is 8.88. The second kappa shape index (κ2) is 3.96. The van der Waals surface area contributed by atoms with Crippen molar-refractivity contribution in [2.24, 2.45) is 0 Å². The summed E-state index contributed by atoms with van der Waals surface area (Å²) in [6.45, 7) is 0. The number of halogens is 1. The predicted octanol–water partition coefficient (Wildman–Crippen LogP) is 1.38. The van der Waals surface area contributed by atoms with Crippen LogP contribution >= 0.6 is 0 Å². The van der Waals surface area contributed by atoms with Crippen LogP contribution in [0.4, 0.5) is 4.39 Å². The second-order valence-corrected chi connectivity index (χ2v) is 5.69. The molecule has 1 aliphatic heterocycles. The third-order valence-electron chi connectivity index (χ3n) is 2.39. The molecule has 0 spiro atoms. The smallest absolute Gasteiger partial charge is 0.203 e. The van der Waals surface area contributed by atoms with Crippen LogP contribution in [-0.2, 0) is 19.4 Å². The maximum absolute atomic E-state index is 13.7. The van der Waals surface area contributed by atoms with Crippen molar-refractivity contribution >= 4 is 15.6 Å². The Morgan fingerprint density at radius 2 is 2.06 bits per heavy atom. The van der Waals surface area contributed by atoms with Crippen molar-refractivity contribution in [3.8, 4) is 0 Å². The molecule has 17 heavy (non-hydrogen) atoms. The summed E-state index contributed by atoms with van der Waals surface area (Å²) in [5, 5.41) is 0. The van der Waals surface area contributed by atoms with Crippen LogP contribution in [0.2, 0.25) is 0 Å². The molecule has 0 bridgehead atoms. The topological polar surface area (TPSA) is 60.4 Å². The van der Waals surface area contributed by atoms with Crippen molar-refractivity contribution in [1.29, 1.82) is 0 Å². The maximum atomic E-state index is 13.7. The molecule has 6 heteroatoms. The van der Waals surface area contributed by atoms with Crippen LogP contribution in [0.5, 0.6) is 0 Å². The summed E-state index contributed by atoms with van der Waals surface area (Å²) in [5.41, 5.74) is 0.0346. The lowest BCUT2D eigenvalue weighted by Gasteiger charge is -2.11. The molecule has 90 valence electrons. The lowest BCUT2D eigenvalue weighted by molar-refractivity contribution is -0.120. The summed E-state index contributed by atoms with van der Waals surface area (Å²) in [6, 6.07) is 3.39. The highest BCUT2D eigenvalue weighted by Gasteiger charge is 2.27. The Bertz CT molecular complexity index is 604. The zero-order valence-corrected chi connectivity index (χ0v) is 9.70. The Kier molecular flexibility index (Phi) is 2.74. The molecule has 2 rings (SSSR count). The Hall–Kier alpha value is -1.69. The SMILES string of the molecule is CS(=O)(=O)c1ccc(C2OC=CC2=O)c(F)c1. The first-order valence-electron chi connectivity index (χ1n) is 4.75.